The van der Waals surface area contributed by atoms with Gasteiger partial charge in [0, 0.05) is 6.42 Å². The van der Waals surface area contributed by atoms with Crippen LogP contribution < -0.4 is 0 Å². The molecule has 0 heterocycles. The molecular formula is C30H50O6. The number of carbonyl (C=O) groups is 2. The lowest BCUT2D eigenvalue weighted by Gasteiger charge is -2.63. The fraction of sp³-hybridized carbons (Fsp3) is 0.933. The summed E-state index contributed by atoms with van der Waals surface area (Å²) in [5, 5.41) is 23.1. The highest BCUT2D eigenvalue weighted by atomic mass is 16.6. The van der Waals surface area contributed by atoms with Gasteiger partial charge in [0.05, 0.1) is 18.8 Å². The SMILES string of the molecule is CCCCOC(=O)COC(=O)CCC(C)C1CCC2C3C(O)CC4CCCCC4(C)C3CC(O)C12C. The molecule has 4 fully saturated rings. The van der Waals surface area contributed by atoms with Gasteiger partial charge in [-0.2, -0.15) is 0 Å². The lowest BCUT2D eigenvalue weighted by molar-refractivity contribution is -0.201. The number of aliphatic hydroxyl groups excluding tert-OH is 2. The molecule has 2 N–H and O–H groups in total. The first kappa shape index (κ1) is 27.9. The molecule has 0 aromatic carbocycles. The lowest BCUT2D eigenvalue weighted by atomic mass is 9.43. The van der Waals surface area contributed by atoms with Crippen LogP contribution in [0, 0.1) is 46.3 Å². The summed E-state index contributed by atoms with van der Waals surface area (Å²) < 4.78 is 10.2. The Balaban J connectivity index is 1.36. The normalized spacial score (nSPS) is 42.6. The second kappa shape index (κ2) is 11.3. The Kier molecular flexibility index (Phi) is 8.76. The zero-order chi connectivity index (χ0) is 26.1. The summed E-state index contributed by atoms with van der Waals surface area (Å²) in [5.74, 6) is 1.32. The van der Waals surface area contributed by atoms with E-state index in [0.717, 1.165) is 38.5 Å². The molecule has 4 aliphatic rings. The van der Waals surface area contributed by atoms with Gasteiger partial charge in [-0.1, -0.05) is 47.0 Å². The van der Waals surface area contributed by atoms with Crippen LogP contribution in [0.5, 0.6) is 0 Å². The quantitative estimate of drug-likeness (QED) is 0.326. The first-order valence-electron chi connectivity index (χ1n) is 14.8. The van der Waals surface area contributed by atoms with Gasteiger partial charge in [0.2, 0.25) is 0 Å². The van der Waals surface area contributed by atoms with Gasteiger partial charge in [-0.25, -0.2) is 4.79 Å². The van der Waals surface area contributed by atoms with E-state index in [1.165, 1.54) is 25.7 Å². The molecule has 0 aliphatic heterocycles. The summed E-state index contributed by atoms with van der Waals surface area (Å²) in [7, 11) is 0. The number of fused-ring (bicyclic) bond motifs is 5. The Hall–Kier alpha value is -1.14. The molecule has 10 atom stereocenters. The zero-order valence-corrected chi connectivity index (χ0v) is 23.0. The van der Waals surface area contributed by atoms with E-state index in [1.807, 2.05) is 6.92 Å². The molecule has 0 radical (unpaired) electrons. The van der Waals surface area contributed by atoms with Crippen LogP contribution in [0.3, 0.4) is 0 Å². The van der Waals surface area contributed by atoms with Gasteiger partial charge in [-0.05, 0) is 97.7 Å². The van der Waals surface area contributed by atoms with Crippen LogP contribution in [-0.4, -0.2) is 47.6 Å². The van der Waals surface area contributed by atoms with E-state index in [-0.39, 0.29) is 53.9 Å². The van der Waals surface area contributed by atoms with Crippen molar-refractivity contribution in [2.75, 3.05) is 13.2 Å². The minimum Gasteiger partial charge on any atom is -0.463 e. The molecule has 0 saturated heterocycles. The van der Waals surface area contributed by atoms with Gasteiger partial charge in [0.15, 0.2) is 6.61 Å². The molecule has 0 aromatic heterocycles. The van der Waals surface area contributed by atoms with Crippen molar-refractivity contribution in [1.29, 1.82) is 0 Å². The Bertz CT molecular complexity index is 783. The van der Waals surface area contributed by atoms with E-state index < -0.39 is 5.97 Å². The molecule has 6 nitrogen and oxygen atoms in total. The van der Waals surface area contributed by atoms with Crippen molar-refractivity contribution in [3.63, 3.8) is 0 Å². The predicted molar refractivity (Wildman–Crippen MR) is 138 cm³/mol. The third kappa shape index (κ3) is 5.10. The molecule has 0 spiro atoms. The number of carbonyl (C=O) groups excluding carboxylic acids is 2. The molecule has 206 valence electrons. The maximum absolute atomic E-state index is 12.3. The minimum atomic E-state index is -0.490. The number of ether oxygens (including phenoxy) is 2. The summed E-state index contributed by atoms with van der Waals surface area (Å²) in [5.41, 5.74) is 0.0159. The zero-order valence-electron chi connectivity index (χ0n) is 23.0. The van der Waals surface area contributed by atoms with Crippen molar-refractivity contribution >= 4 is 11.9 Å². The average Bonchev–Trinajstić information content (AvgIpc) is 3.21. The number of esters is 2. The van der Waals surface area contributed by atoms with Gasteiger partial charge >= 0.3 is 11.9 Å². The standard InChI is InChI=1S/C30H50O6/c1-5-6-15-35-27(34)18-36-26(33)13-10-19(2)21-11-12-22-28-23(17-25(32)30(21,22)4)29(3)14-8-7-9-20(29)16-24(28)31/h19-25,28,31-32H,5-18H2,1-4H3. The van der Waals surface area contributed by atoms with E-state index in [4.69, 9.17) is 9.47 Å². The summed E-state index contributed by atoms with van der Waals surface area (Å²) in [4.78, 5) is 24.0. The molecule has 4 rings (SSSR count). The second-order valence-corrected chi connectivity index (χ2v) is 13.1. The maximum Gasteiger partial charge on any atom is 0.344 e. The maximum atomic E-state index is 12.3. The van der Waals surface area contributed by atoms with Gasteiger partial charge in [0.25, 0.3) is 0 Å². The molecule has 0 bridgehead atoms. The summed E-state index contributed by atoms with van der Waals surface area (Å²) in [6.45, 7) is 8.98. The highest BCUT2D eigenvalue weighted by Crippen LogP contribution is 2.68. The highest BCUT2D eigenvalue weighted by molar-refractivity contribution is 5.76. The summed E-state index contributed by atoms with van der Waals surface area (Å²) in [6, 6.07) is 0. The summed E-state index contributed by atoms with van der Waals surface area (Å²) >= 11 is 0. The van der Waals surface area contributed by atoms with Crippen LogP contribution in [0.15, 0.2) is 0 Å². The number of hydrogen-bond donors (Lipinski definition) is 2. The van der Waals surface area contributed by atoms with Crippen molar-refractivity contribution in [3.05, 3.63) is 0 Å². The minimum absolute atomic E-state index is 0.230. The first-order valence-corrected chi connectivity index (χ1v) is 14.8. The van der Waals surface area contributed by atoms with Crippen molar-refractivity contribution in [1.82, 2.24) is 0 Å². The Morgan fingerprint density at radius 1 is 1.00 bits per heavy atom. The Morgan fingerprint density at radius 3 is 2.53 bits per heavy atom. The predicted octanol–water partition coefficient (Wildman–Crippen LogP) is 5.28. The fourth-order valence-electron chi connectivity index (χ4n) is 9.32. The van der Waals surface area contributed by atoms with Crippen LogP contribution in [-0.2, 0) is 19.1 Å². The molecule has 0 amide bonds. The van der Waals surface area contributed by atoms with Gasteiger partial charge < -0.3 is 19.7 Å². The topological polar surface area (TPSA) is 93.1 Å². The smallest absolute Gasteiger partial charge is 0.344 e. The molecular weight excluding hydrogens is 456 g/mol. The molecule has 4 saturated carbocycles. The summed E-state index contributed by atoms with van der Waals surface area (Å²) in [6.07, 6.45) is 10.9. The molecule has 6 heteroatoms. The molecule has 0 aromatic rings. The van der Waals surface area contributed by atoms with Crippen molar-refractivity contribution in [2.45, 2.75) is 117 Å². The van der Waals surface area contributed by atoms with E-state index in [9.17, 15) is 19.8 Å². The van der Waals surface area contributed by atoms with Gasteiger partial charge in [-0.3, -0.25) is 4.79 Å². The average molecular weight is 507 g/mol. The molecule has 36 heavy (non-hydrogen) atoms. The number of rotatable bonds is 9. The van der Waals surface area contributed by atoms with Crippen LogP contribution in [0.4, 0.5) is 0 Å². The number of aliphatic hydroxyl groups is 2. The van der Waals surface area contributed by atoms with Crippen LogP contribution in [0.2, 0.25) is 0 Å². The van der Waals surface area contributed by atoms with Crippen LogP contribution in [0.25, 0.3) is 0 Å². The van der Waals surface area contributed by atoms with Crippen molar-refractivity contribution < 1.29 is 29.3 Å². The number of unbranched alkanes of at least 4 members (excludes halogenated alkanes) is 1. The monoisotopic (exact) mass is 506 g/mol. The van der Waals surface area contributed by atoms with E-state index in [0.29, 0.717) is 36.7 Å². The van der Waals surface area contributed by atoms with Crippen LogP contribution >= 0.6 is 0 Å². The van der Waals surface area contributed by atoms with Gasteiger partial charge in [-0.15, -0.1) is 0 Å². The molecule has 10 unspecified atom stereocenters. The van der Waals surface area contributed by atoms with Gasteiger partial charge in [0.1, 0.15) is 0 Å². The lowest BCUT2D eigenvalue weighted by Crippen LogP contribution is -2.61. The van der Waals surface area contributed by atoms with Crippen LogP contribution in [0.1, 0.15) is 105 Å². The Labute approximate surface area is 217 Å². The van der Waals surface area contributed by atoms with E-state index in [2.05, 4.69) is 20.8 Å². The van der Waals surface area contributed by atoms with Crippen molar-refractivity contribution in [2.24, 2.45) is 46.3 Å². The third-order valence-corrected chi connectivity index (χ3v) is 11.4. The highest BCUT2D eigenvalue weighted by Gasteiger charge is 2.65. The second-order valence-electron chi connectivity index (χ2n) is 13.1. The first-order chi connectivity index (χ1) is 17.1. The Morgan fingerprint density at radius 2 is 1.78 bits per heavy atom. The molecule has 4 aliphatic carbocycles. The fourth-order valence-corrected chi connectivity index (χ4v) is 9.32. The van der Waals surface area contributed by atoms with Crippen molar-refractivity contribution in [3.8, 4) is 0 Å². The van der Waals surface area contributed by atoms with E-state index >= 15 is 0 Å². The van der Waals surface area contributed by atoms with E-state index in [1.54, 1.807) is 0 Å². The number of hydrogen-bond acceptors (Lipinski definition) is 6. The third-order valence-electron chi connectivity index (χ3n) is 11.4. The largest absolute Gasteiger partial charge is 0.463 e.